The predicted octanol–water partition coefficient (Wildman–Crippen LogP) is 1.58. The molecule has 1 rings (SSSR count). The van der Waals surface area contributed by atoms with Crippen molar-refractivity contribution in [1.29, 1.82) is 0 Å². The summed E-state index contributed by atoms with van der Waals surface area (Å²) in [4.78, 5) is 14.7. The van der Waals surface area contributed by atoms with Crippen LogP contribution in [-0.2, 0) is 4.79 Å². The maximum absolute atomic E-state index is 10.8. The Morgan fingerprint density at radius 1 is 1.57 bits per heavy atom. The fraction of sp³-hybridized carbons (Fsp3) is 0.200. The van der Waals surface area contributed by atoms with Gasteiger partial charge in [-0.2, -0.15) is 0 Å². The molecule has 14 heavy (non-hydrogen) atoms. The van der Waals surface area contributed by atoms with Gasteiger partial charge in [0, 0.05) is 17.8 Å². The second-order valence-electron chi connectivity index (χ2n) is 2.60. The molecule has 74 valence electrons. The van der Waals surface area contributed by atoms with E-state index in [4.69, 9.17) is 9.84 Å². The topological polar surface area (TPSA) is 59.4 Å². The minimum absolute atomic E-state index is 0.236. The lowest BCUT2D eigenvalue weighted by atomic mass is 10.1. The third-order valence-electron chi connectivity index (χ3n) is 1.78. The number of methoxy groups -OCH3 is 1. The molecular weight excluding hydrogens is 182 g/mol. The van der Waals surface area contributed by atoms with Crippen molar-refractivity contribution in [3.63, 3.8) is 0 Å². The van der Waals surface area contributed by atoms with Crippen molar-refractivity contribution in [3.8, 4) is 5.88 Å². The van der Waals surface area contributed by atoms with Crippen molar-refractivity contribution in [2.75, 3.05) is 7.11 Å². The second kappa shape index (κ2) is 4.41. The number of pyridine rings is 1. The summed E-state index contributed by atoms with van der Waals surface area (Å²) in [5, 5.41) is 8.83. The number of hydrogen-bond donors (Lipinski definition) is 1. The van der Waals surface area contributed by atoms with Crippen LogP contribution >= 0.6 is 0 Å². The number of carboxylic acid groups (broad SMARTS) is 1. The standard InChI is InChI=1S/C10H11NO3/c1-3-8(10(12)13)7-4-5-9(14-2)11-6-7/h3-6H,1-2H3,(H,12,13). The zero-order valence-electron chi connectivity index (χ0n) is 8.02. The molecule has 1 N–H and O–H groups in total. The van der Waals surface area contributed by atoms with Crippen molar-refractivity contribution < 1.29 is 14.6 Å². The largest absolute Gasteiger partial charge is 0.481 e. The highest BCUT2D eigenvalue weighted by Crippen LogP contribution is 2.15. The quantitative estimate of drug-likeness (QED) is 0.740. The molecule has 0 unspecified atom stereocenters. The van der Waals surface area contributed by atoms with Crippen LogP contribution in [0.2, 0.25) is 0 Å². The van der Waals surface area contributed by atoms with E-state index in [0.717, 1.165) is 0 Å². The van der Waals surface area contributed by atoms with Gasteiger partial charge in [-0.15, -0.1) is 0 Å². The highest BCUT2D eigenvalue weighted by Gasteiger charge is 2.08. The molecule has 1 heterocycles. The molecule has 0 aliphatic carbocycles. The van der Waals surface area contributed by atoms with Gasteiger partial charge in [-0.1, -0.05) is 6.08 Å². The number of aromatic nitrogens is 1. The van der Waals surface area contributed by atoms with Gasteiger partial charge in [0.2, 0.25) is 5.88 Å². The van der Waals surface area contributed by atoms with E-state index in [9.17, 15) is 4.79 Å². The fourth-order valence-corrected chi connectivity index (χ4v) is 1.07. The smallest absolute Gasteiger partial charge is 0.336 e. The number of aliphatic carboxylic acids is 1. The number of allylic oxidation sites excluding steroid dienone is 1. The molecule has 0 aliphatic heterocycles. The summed E-state index contributed by atoms with van der Waals surface area (Å²) in [6.45, 7) is 1.67. The van der Waals surface area contributed by atoms with Gasteiger partial charge in [-0.25, -0.2) is 9.78 Å². The third-order valence-corrected chi connectivity index (χ3v) is 1.78. The number of carboxylic acids is 1. The lowest BCUT2D eigenvalue weighted by Gasteiger charge is -2.02. The van der Waals surface area contributed by atoms with E-state index >= 15 is 0 Å². The molecule has 0 saturated heterocycles. The molecule has 0 aromatic carbocycles. The monoisotopic (exact) mass is 193 g/mol. The van der Waals surface area contributed by atoms with Crippen LogP contribution in [0.25, 0.3) is 5.57 Å². The lowest BCUT2D eigenvalue weighted by Crippen LogP contribution is -2.00. The minimum atomic E-state index is -0.959. The Labute approximate surface area is 81.9 Å². The van der Waals surface area contributed by atoms with Gasteiger partial charge in [0.15, 0.2) is 0 Å². The van der Waals surface area contributed by atoms with E-state index in [1.807, 2.05) is 0 Å². The van der Waals surface area contributed by atoms with Gasteiger partial charge in [-0.05, 0) is 13.0 Å². The first-order chi connectivity index (χ1) is 6.69. The summed E-state index contributed by atoms with van der Waals surface area (Å²) in [6.07, 6.45) is 3.01. The Morgan fingerprint density at radius 2 is 2.29 bits per heavy atom. The van der Waals surface area contributed by atoms with Gasteiger partial charge < -0.3 is 9.84 Å². The Kier molecular flexibility index (Phi) is 3.23. The van der Waals surface area contributed by atoms with Crippen molar-refractivity contribution in [3.05, 3.63) is 30.0 Å². The molecule has 1 aromatic heterocycles. The number of rotatable bonds is 3. The summed E-state index contributed by atoms with van der Waals surface area (Å²) >= 11 is 0. The molecule has 0 aliphatic rings. The molecule has 0 spiro atoms. The molecule has 0 radical (unpaired) electrons. The first-order valence-corrected chi connectivity index (χ1v) is 4.09. The first kappa shape index (κ1) is 10.2. The molecule has 0 atom stereocenters. The van der Waals surface area contributed by atoms with E-state index in [2.05, 4.69) is 4.98 Å². The van der Waals surface area contributed by atoms with Gasteiger partial charge >= 0.3 is 5.97 Å². The minimum Gasteiger partial charge on any atom is -0.481 e. The number of carbonyl (C=O) groups is 1. The Morgan fingerprint density at radius 3 is 2.64 bits per heavy atom. The Bertz CT molecular complexity index is 354. The van der Waals surface area contributed by atoms with Crippen LogP contribution in [0.3, 0.4) is 0 Å². The molecule has 0 amide bonds. The SMILES string of the molecule is CC=C(C(=O)O)c1ccc(OC)nc1. The van der Waals surface area contributed by atoms with Crippen molar-refractivity contribution in [2.45, 2.75) is 6.92 Å². The van der Waals surface area contributed by atoms with E-state index in [1.54, 1.807) is 19.1 Å². The maximum atomic E-state index is 10.8. The molecule has 1 aromatic rings. The predicted molar refractivity (Wildman–Crippen MR) is 52.1 cm³/mol. The van der Waals surface area contributed by atoms with Crippen LogP contribution in [0.4, 0.5) is 0 Å². The van der Waals surface area contributed by atoms with Gasteiger partial charge in [0.25, 0.3) is 0 Å². The Hall–Kier alpha value is -1.84. The summed E-state index contributed by atoms with van der Waals surface area (Å²) < 4.78 is 4.87. The van der Waals surface area contributed by atoms with Crippen molar-refractivity contribution in [2.24, 2.45) is 0 Å². The summed E-state index contributed by atoms with van der Waals surface area (Å²) in [6, 6.07) is 3.29. The molecule has 0 fully saturated rings. The molecule has 4 nitrogen and oxygen atoms in total. The Balaban J connectivity index is 3.02. The zero-order chi connectivity index (χ0) is 10.6. The van der Waals surface area contributed by atoms with Crippen molar-refractivity contribution in [1.82, 2.24) is 4.98 Å². The average Bonchev–Trinajstić information content (AvgIpc) is 2.19. The summed E-state index contributed by atoms with van der Waals surface area (Å²) in [7, 11) is 1.51. The third kappa shape index (κ3) is 2.10. The molecule has 4 heteroatoms. The van der Waals surface area contributed by atoms with Crippen LogP contribution in [-0.4, -0.2) is 23.2 Å². The zero-order valence-corrected chi connectivity index (χ0v) is 8.02. The summed E-state index contributed by atoms with van der Waals surface area (Å²) in [5.41, 5.74) is 0.806. The normalized spacial score (nSPS) is 11.1. The molecule has 0 bridgehead atoms. The highest BCUT2D eigenvalue weighted by atomic mass is 16.5. The maximum Gasteiger partial charge on any atom is 0.336 e. The van der Waals surface area contributed by atoms with Gasteiger partial charge in [0.1, 0.15) is 0 Å². The molecule has 0 saturated carbocycles. The van der Waals surface area contributed by atoms with Crippen molar-refractivity contribution >= 4 is 11.5 Å². The second-order valence-corrected chi connectivity index (χ2v) is 2.60. The van der Waals surface area contributed by atoms with Crippen LogP contribution in [0.15, 0.2) is 24.4 Å². The number of ether oxygens (including phenoxy) is 1. The van der Waals surface area contributed by atoms with E-state index < -0.39 is 5.97 Å². The van der Waals surface area contributed by atoms with Crippen LogP contribution in [0, 0.1) is 0 Å². The van der Waals surface area contributed by atoms with Crippen LogP contribution in [0.5, 0.6) is 5.88 Å². The van der Waals surface area contributed by atoms with Crippen LogP contribution in [0.1, 0.15) is 12.5 Å². The van der Waals surface area contributed by atoms with Gasteiger partial charge in [0.05, 0.1) is 12.7 Å². The average molecular weight is 193 g/mol. The van der Waals surface area contributed by atoms with Crippen LogP contribution < -0.4 is 4.74 Å². The fourth-order valence-electron chi connectivity index (χ4n) is 1.07. The summed E-state index contributed by atoms with van der Waals surface area (Å²) in [5.74, 6) is -0.492. The van der Waals surface area contributed by atoms with E-state index in [1.165, 1.54) is 19.4 Å². The highest BCUT2D eigenvalue weighted by molar-refractivity contribution is 6.15. The number of nitrogens with zero attached hydrogens (tertiary/aromatic N) is 1. The van der Waals surface area contributed by atoms with Gasteiger partial charge in [-0.3, -0.25) is 0 Å². The number of hydrogen-bond acceptors (Lipinski definition) is 3. The molecular formula is C10H11NO3. The first-order valence-electron chi connectivity index (χ1n) is 4.09. The van der Waals surface area contributed by atoms with E-state index in [-0.39, 0.29) is 5.57 Å². The lowest BCUT2D eigenvalue weighted by molar-refractivity contribution is -0.130. The van der Waals surface area contributed by atoms with E-state index in [0.29, 0.717) is 11.4 Å².